The van der Waals surface area contributed by atoms with Crippen molar-refractivity contribution in [1.29, 1.82) is 0 Å². The number of hydrogen-bond donors (Lipinski definition) is 4. The molecule has 0 aromatic carbocycles. The average Bonchev–Trinajstić information content (AvgIpc) is 3.74. The standard InChI is InChI=1S/C27H37N7O6.C2H6/c1-2-29-25(37)22-20(35)21(36)26(40-22)34-15-30-19-23(28)31-18(32-24(19)34)9-5-8-16-10-12-33(13-11-16)27(38)39-14-17-6-3-4-7-17;1-2/h15-17,20-22,26,35-36H,2-4,6-8,10-14H2,1H3,(H,29,37)(H2,28,31,32);1-2H3/t20-,21?,22+,26-;/m1./s1. The molecule has 1 aliphatic carbocycles. The summed E-state index contributed by atoms with van der Waals surface area (Å²) in [5.74, 6) is 6.74. The number of fused-ring (bicyclic) bond motifs is 1. The van der Waals surface area contributed by atoms with Crippen LogP contribution in [0.25, 0.3) is 11.2 Å². The van der Waals surface area contributed by atoms with Gasteiger partial charge in [0.15, 0.2) is 23.8 Å². The number of hydrogen-bond acceptors (Lipinski definition) is 10. The van der Waals surface area contributed by atoms with E-state index in [0.29, 0.717) is 50.0 Å². The molecule has 5 N–H and O–H groups in total. The molecule has 230 valence electrons. The Morgan fingerprint density at radius 2 is 1.83 bits per heavy atom. The second-order valence-corrected chi connectivity index (χ2v) is 10.7. The zero-order chi connectivity index (χ0) is 30.2. The molecular formula is C29H43N7O6. The molecule has 13 nitrogen and oxygen atoms in total. The Bertz CT molecular complexity index is 1280. The van der Waals surface area contributed by atoms with Gasteiger partial charge in [-0.05, 0) is 50.4 Å². The van der Waals surface area contributed by atoms with Gasteiger partial charge < -0.3 is 35.6 Å². The third-order valence-electron chi connectivity index (χ3n) is 7.95. The van der Waals surface area contributed by atoms with Gasteiger partial charge in [0, 0.05) is 26.1 Å². The summed E-state index contributed by atoms with van der Waals surface area (Å²) in [6.45, 7) is 7.93. The van der Waals surface area contributed by atoms with Crippen LogP contribution in [0.4, 0.5) is 10.6 Å². The van der Waals surface area contributed by atoms with E-state index in [4.69, 9.17) is 15.2 Å². The number of ether oxygens (including phenoxy) is 2. The number of carbonyl (C=O) groups is 2. The van der Waals surface area contributed by atoms with Crippen molar-refractivity contribution in [2.75, 3.05) is 32.0 Å². The quantitative estimate of drug-likeness (QED) is 0.366. The topological polar surface area (TPSA) is 178 Å². The lowest BCUT2D eigenvalue weighted by molar-refractivity contribution is -0.137. The maximum absolute atomic E-state index is 12.4. The Morgan fingerprint density at radius 1 is 1.12 bits per heavy atom. The van der Waals surface area contributed by atoms with E-state index in [1.807, 2.05) is 13.8 Å². The molecule has 3 fully saturated rings. The largest absolute Gasteiger partial charge is 0.449 e. The van der Waals surface area contributed by atoms with Gasteiger partial charge in [-0.3, -0.25) is 9.36 Å². The van der Waals surface area contributed by atoms with Crippen LogP contribution < -0.4 is 11.1 Å². The number of amides is 2. The van der Waals surface area contributed by atoms with E-state index in [9.17, 15) is 19.8 Å². The number of nitrogens with two attached hydrogens (primary N) is 1. The third kappa shape index (κ3) is 7.11. The van der Waals surface area contributed by atoms with Crippen molar-refractivity contribution in [3.63, 3.8) is 0 Å². The first-order valence-corrected chi connectivity index (χ1v) is 15.1. The normalized spacial score (nSPS) is 24.5. The average molecular weight is 586 g/mol. The summed E-state index contributed by atoms with van der Waals surface area (Å²) in [7, 11) is 0. The predicted octanol–water partition coefficient (Wildman–Crippen LogP) is 1.97. The number of anilines is 1. The van der Waals surface area contributed by atoms with Crippen molar-refractivity contribution in [1.82, 2.24) is 29.7 Å². The first-order chi connectivity index (χ1) is 20.4. The van der Waals surface area contributed by atoms with Crippen molar-refractivity contribution in [3.8, 4) is 11.8 Å². The van der Waals surface area contributed by atoms with Gasteiger partial charge in [0.1, 0.15) is 17.7 Å². The monoisotopic (exact) mass is 585 g/mol. The van der Waals surface area contributed by atoms with Gasteiger partial charge >= 0.3 is 6.09 Å². The number of aliphatic hydroxyl groups excluding tert-OH is 2. The van der Waals surface area contributed by atoms with E-state index >= 15 is 0 Å². The molecule has 13 heteroatoms. The molecule has 1 unspecified atom stereocenters. The molecule has 2 aromatic rings. The van der Waals surface area contributed by atoms with E-state index in [2.05, 4.69) is 32.1 Å². The number of carbonyl (C=O) groups excluding carboxylic acids is 2. The molecule has 1 saturated carbocycles. The Kier molecular flexibility index (Phi) is 11.0. The van der Waals surface area contributed by atoms with Crippen LogP contribution in [0.5, 0.6) is 0 Å². The van der Waals surface area contributed by atoms with Crippen LogP contribution in [0, 0.1) is 23.7 Å². The van der Waals surface area contributed by atoms with Gasteiger partial charge in [0.05, 0.1) is 12.9 Å². The van der Waals surface area contributed by atoms with Gasteiger partial charge in [-0.1, -0.05) is 32.6 Å². The molecule has 2 amide bonds. The minimum absolute atomic E-state index is 0.116. The van der Waals surface area contributed by atoms with Crippen molar-refractivity contribution < 1.29 is 29.3 Å². The number of piperidine rings is 1. The van der Waals surface area contributed by atoms with E-state index in [0.717, 1.165) is 25.7 Å². The van der Waals surface area contributed by atoms with Crippen molar-refractivity contribution in [3.05, 3.63) is 12.2 Å². The SMILES string of the molecule is CC.CCNC(=O)[C@H]1O[C@@H](n2cnc3c(N)nc(C#CCC4CCN(C(=O)OCC5CCCC5)CC4)nc32)C(O)[C@H]1O. The maximum atomic E-state index is 12.4. The number of nitrogen functional groups attached to an aromatic ring is 1. The van der Waals surface area contributed by atoms with E-state index in [1.54, 1.807) is 11.8 Å². The Balaban J connectivity index is 0.00000198. The maximum Gasteiger partial charge on any atom is 0.409 e. The first-order valence-electron chi connectivity index (χ1n) is 15.1. The predicted molar refractivity (Wildman–Crippen MR) is 155 cm³/mol. The Labute approximate surface area is 246 Å². The molecule has 0 bridgehead atoms. The van der Waals surface area contributed by atoms with Crippen LogP contribution in [0.2, 0.25) is 0 Å². The summed E-state index contributed by atoms with van der Waals surface area (Å²) in [6.07, 6.45) is 3.07. The lowest BCUT2D eigenvalue weighted by atomic mass is 9.94. The van der Waals surface area contributed by atoms with E-state index < -0.39 is 30.4 Å². The number of nitrogens with zero attached hydrogens (tertiary/aromatic N) is 5. The molecular weight excluding hydrogens is 542 g/mol. The first kappa shape index (κ1) is 31.5. The zero-order valence-electron chi connectivity index (χ0n) is 24.7. The number of aliphatic hydroxyl groups is 2. The number of likely N-dealkylation sites (tertiary alicyclic amines) is 1. The summed E-state index contributed by atoms with van der Waals surface area (Å²) < 4.78 is 12.7. The van der Waals surface area contributed by atoms with Gasteiger partial charge in [0.25, 0.3) is 5.91 Å². The van der Waals surface area contributed by atoms with Gasteiger partial charge in [0.2, 0.25) is 5.82 Å². The minimum atomic E-state index is -1.42. The molecule has 0 spiro atoms. The van der Waals surface area contributed by atoms with Gasteiger partial charge in [-0.25, -0.2) is 19.7 Å². The second-order valence-electron chi connectivity index (χ2n) is 10.7. The molecule has 4 atom stereocenters. The molecule has 2 aromatic heterocycles. The lowest BCUT2D eigenvalue weighted by Gasteiger charge is -2.30. The van der Waals surface area contributed by atoms with Crippen LogP contribution in [0.3, 0.4) is 0 Å². The van der Waals surface area contributed by atoms with Gasteiger partial charge in [-0.2, -0.15) is 0 Å². The van der Waals surface area contributed by atoms with Crippen molar-refractivity contribution in [2.45, 2.75) is 90.3 Å². The molecule has 42 heavy (non-hydrogen) atoms. The number of nitrogens with one attached hydrogen (secondary N) is 1. The molecule has 3 aliphatic rings. The lowest BCUT2D eigenvalue weighted by Crippen LogP contribution is -2.42. The summed E-state index contributed by atoms with van der Waals surface area (Å²) in [5, 5.41) is 23.6. The second kappa shape index (κ2) is 14.6. The molecule has 2 aliphatic heterocycles. The Hall–Kier alpha value is -3.47. The highest BCUT2D eigenvalue weighted by Crippen LogP contribution is 2.32. The summed E-state index contributed by atoms with van der Waals surface area (Å²) in [4.78, 5) is 39.4. The van der Waals surface area contributed by atoms with Gasteiger partial charge in [-0.15, -0.1) is 0 Å². The highest BCUT2D eigenvalue weighted by molar-refractivity contribution is 5.83. The van der Waals surface area contributed by atoms with Crippen LogP contribution in [0.15, 0.2) is 6.33 Å². The molecule has 4 heterocycles. The van der Waals surface area contributed by atoms with Crippen molar-refractivity contribution >= 4 is 29.0 Å². The molecule has 0 radical (unpaired) electrons. The van der Waals surface area contributed by atoms with Crippen LogP contribution in [-0.4, -0.2) is 91.2 Å². The summed E-state index contributed by atoms with van der Waals surface area (Å²) >= 11 is 0. The van der Waals surface area contributed by atoms with E-state index in [-0.39, 0.29) is 23.4 Å². The van der Waals surface area contributed by atoms with Crippen LogP contribution >= 0.6 is 0 Å². The third-order valence-corrected chi connectivity index (χ3v) is 7.95. The summed E-state index contributed by atoms with van der Waals surface area (Å²) in [5.41, 5.74) is 6.68. The zero-order valence-corrected chi connectivity index (χ0v) is 24.7. The number of likely N-dealkylation sites (N-methyl/N-ethyl adjacent to an activating group) is 1. The number of aromatic nitrogens is 4. The molecule has 2 saturated heterocycles. The van der Waals surface area contributed by atoms with E-state index in [1.165, 1.54) is 23.7 Å². The van der Waals surface area contributed by atoms with Crippen LogP contribution in [0.1, 0.15) is 77.8 Å². The fourth-order valence-corrected chi connectivity index (χ4v) is 5.61. The highest BCUT2D eigenvalue weighted by Gasteiger charge is 2.47. The number of rotatable bonds is 6. The molecule has 5 rings (SSSR count). The smallest absolute Gasteiger partial charge is 0.409 e. The fourth-order valence-electron chi connectivity index (χ4n) is 5.61. The number of imidazole rings is 1. The van der Waals surface area contributed by atoms with Crippen molar-refractivity contribution in [2.24, 2.45) is 11.8 Å². The minimum Gasteiger partial charge on any atom is -0.449 e. The summed E-state index contributed by atoms with van der Waals surface area (Å²) in [6, 6.07) is 0. The fraction of sp³-hybridized carbons (Fsp3) is 0.690. The highest BCUT2D eigenvalue weighted by atomic mass is 16.6. The Morgan fingerprint density at radius 3 is 2.52 bits per heavy atom. The van der Waals surface area contributed by atoms with Crippen LogP contribution in [-0.2, 0) is 14.3 Å².